The number of carbonyl (C=O) groups is 4. The molecule has 2 aromatic carbocycles. The Balaban J connectivity index is 1.30. The number of nitrogens with zero attached hydrogens (tertiary/aromatic N) is 1. The van der Waals surface area contributed by atoms with Crippen LogP contribution < -0.4 is 10.1 Å². The van der Waals surface area contributed by atoms with Gasteiger partial charge >= 0.3 is 5.97 Å². The molecule has 2 atom stereocenters. The summed E-state index contributed by atoms with van der Waals surface area (Å²) in [5.41, 5.74) is 2.31. The van der Waals surface area contributed by atoms with E-state index in [2.05, 4.69) is 5.32 Å². The van der Waals surface area contributed by atoms with Crippen molar-refractivity contribution in [1.82, 2.24) is 10.2 Å². The SMILES string of the molecule is COc1ccc(COC(=O)C2=C(CSC(=O)c3ccco3)CS[C@@H]3C(NC(=O)Cc4ccccc4)C(=O)N23)cc1. The van der Waals surface area contributed by atoms with Gasteiger partial charge in [0, 0.05) is 11.5 Å². The van der Waals surface area contributed by atoms with Crippen molar-refractivity contribution in [3.63, 3.8) is 0 Å². The predicted octanol–water partition coefficient (Wildman–Crippen LogP) is 3.80. The number of hydrogen-bond donors (Lipinski definition) is 1. The average molecular weight is 579 g/mol. The first kappa shape index (κ1) is 27.6. The highest BCUT2D eigenvalue weighted by atomic mass is 32.2. The molecule has 11 heteroatoms. The maximum atomic E-state index is 13.4. The van der Waals surface area contributed by atoms with Crippen LogP contribution >= 0.6 is 23.5 Å². The summed E-state index contributed by atoms with van der Waals surface area (Å²) in [6, 6.07) is 18.8. The Morgan fingerprint density at radius 2 is 1.82 bits per heavy atom. The highest BCUT2D eigenvalue weighted by molar-refractivity contribution is 8.14. The van der Waals surface area contributed by atoms with Gasteiger partial charge in [0.2, 0.25) is 5.91 Å². The van der Waals surface area contributed by atoms with Crippen molar-refractivity contribution in [2.24, 2.45) is 0 Å². The second-order valence-electron chi connectivity index (χ2n) is 9.05. The highest BCUT2D eigenvalue weighted by Gasteiger charge is 2.54. The lowest BCUT2D eigenvalue weighted by molar-refractivity contribution is -0.153. The molecule has 206 valence electrons. The Bertz CT molecular complexity index is 1420. The van der Waals surface area contributed by atoms with Gasteiger partial charge < -0.3 is 19.2 Å². The third kappa shape index (κ3) is 6.10. The summed E-state index contributed by atoms with van der Waals surface area (Å²) >= 11 is 2.42. The number of amides is 2. The van der Waals surface area contributed by atoms with E-state index in [-0.39, 0.29) is 41.3 Å². The summed E-state index contributed by atoms with van der Waals surface area (Å²) < 4.78 is 15.9. The van der Waals surface area contributed by atoms with Crippen LogP contribution in [0.5, 0.6) is 5.75 Å². The monoisotopic (exact) mass is 578 g/mol. The molecule has 1 saturated heterocycles. The Morgan fingerprint density at radius 1 is 1.05 bits per heavy atom. The van der Waals surface area contributed by atoms with Crippen molar-refractivity contribution in [1.29, 1.82) is 0 Å². The summed E-state index contributed by atoms with van der Waals surface area (Å²) in [7, 11) is 1.57. The molecule has 0 radical (unpaired) electrons. The molecule has 2 aliphatic heterocycles. The molecule has 0 bridgehead atoms. The number of hydrogen-bond acceptors (Lipinski definition) is 9. The fourth-order valence-corrected chi connectivity index (χ4v) is 6.62. The summed E-state index contributed by atoms with van der Waals surface area (Å²) in [5.74, 6) is 0.127. The molecule has 5 rings (SSSR count). The summed E-state index contributed by atoms with van der Waals surface area (Å²) in [6.45, 7) is -0.00481. The number of rotatable bonds is 10. The molecular weight excluding hydrogens is 552 g/mol. The van der Waals surface area contributed by atoms with Crippen LogP contribution in [0.15, 0.2) is 88.7 Å². The number of esters is 1. The average Bonchev–Trinajstić information content (AvgIpc) is 3.53. The molecule has 3 heterocycles. The number of furan rings is 1. The minimum atomic E-state index is -0.760. The molecule has 1 N–H and O–H groups in total. The second kappa shape index (κ2) is 12.5. The molecular formula is C29H26N2O7S2. The van der Waals surface area contributed by atoms with Gasteiger partial charge in [0.1, 0.15) is 29.5 Å². The van der Waals surface area contributed by atoms with Crippen molar-refractivity contribution >= 4 is 46.4 Å². The maximum absolute atomic E-state index is 13.4. The van der Waals surface area contributed by atoms with Crippen molar-refractivity contribution < 1.29 is 33.1 Å². The number of nitrogens with one attached hydrogen (secondary N) is 1. The van der Waals surface area contributed by atoms with E-state index in [1.165, 1.54) is 22.9 Å². The van der Waals surface area contributed by atoms with Crippen LogP contribution in [0.1, 0.15) is 21.7 Å². The number of carbonyl (C=O) groups excluding carboxylic acids is 4. The fourth-order valence-electron chi connectivity index (χ4n) is 4.35. The van der Waals surface area contributed by atoms with E-state index >= 15 is 0 Å². The van der Waals surface area contributed by atoms with E-state index in [0.717, 1.165) is 22.9 Å². The molecule has 2 aliphatic rings. The van der Waals surface area contributed by atoms with Crippen LogP contribution in [-0.2, 0) is 32.1 Å². The van der Waals surface area contributed by atoms with Crippen LogP contribution in [0.4, 0.5) is 0 Å². The number of benzene rings is 2. The first-order valence-electron chi connectivity index (χ1n) is 12.4. The standard InChI is InChI=1S/C29H26N2O7S2/c1-36-21-11-9-19(10-12-21)15-38-28(34)25-20(17-40-29(35)22-8-5-13-37-22)16-39-27-24(26(33)31(25)27)30-23(32)14-18-6-3-2-4-7-18/h2-13,24,27H,14-17H2,1H3,(H,30,32)/t24?,27-/m1/s1. The molecule has 40 heavy (non-hydrogen) atoms. The van der Waals surface area contributed by atoms with Gasteiger partial charge in [0.15, 0.2) is 5.76 Å². The van der Waals surface area contributed by atoms with E-state index in [1.807, 2.05) is 30.3 Å². The number of ether oxygens (including phenoxy) is 2. The molecule has 0 aliphatic carbocycles. The van der Waals surface area contributed by atoms with E-state index in [9.17, 15) is 19.2 Å². The molecule has 0 spiro atoms. The van der Waals surface area contributed by atoms with Gasteiger partial charge in [0.25, 0.3) is 11.0 Å². The molecule has 1 fully saturated rings. The van der Waals surface area contributed by atoms with Gasteiger partial charge in [-0.1, -0.05) is 54.2 Å². The molecule has 1 aromatic heterocycles. The normalized spacial score (nSPS) is 18.0. The van der Waals surface area contributed by atoms with Crippen molar-refractivity contribution in [3.05, 3.63) is 101 Å². The van der Waals surface area contributed by atoms with Gasteiger partial charge in [-0.15, -0.1) is 11.8 Å². The van der Waals surface area contributed by atoms with Crippen molar-refractivity contribution in [2.45, 2.75) is 24.4 Å². The first-order chi connectivity index (χ1) is 19.4. The zero-order chi connectivity index (χ0) is 28.1. The Hall–Kier alpha value is -3.96. The lowest BCUT2D eigenvalue weighted by Crippen LogP contribution is -2.70. The Kier molecular flexibility index (Phi) is 8.61. The van der Waals surface area contributed by atoms with Gasteiger partial charge in [-0.3, -0.25) is 19.3 Å². The highest BCUT2D eigenvalue weighted by Crippen LogP contribution is 2.41. The number of thioether (sulfide) groups is 2. The summed E-state index contributed by atoms with van der Waals surface area (Å²) in [5, 5.41) is 2.08. The van der Waals surface area contributed by atoms with Gasteiger partial charge in [-0.2, -0.15) is 0 Å². The minimum Gasteiger partial charge on any atom is -0.497 e. The smallest absolute Gasteiger partial charge is 0.355 e. The largest absolute Gasteiger partial charge is 0.497 e. The van der Waals surface area contributed by atoms with Crippen molar-refractivity contribution in [3.8, 4) is 5.75 Å². The van der Waals surface area contributed by atoms with E-state index in [1.54, 1.807) is 43.5 Å². The second-order valence-corrected chi connectivity index (χ2v) is 11.1. The molecule has 2 amide bonds. The lowest BCUT2D eigenvalue weighted by Gasteiger charge is -2.49. The number of β-lactam (4-membered cyclic amide) rings is 1. The lowest BCUT2D eigenvalue weighted by atomic mass is 10.0. The Morgan fingerprint density at radius 3 is 2.52 bits per heavy atom. The molecule has 0 saturated carbocycles. The van der Waals surface area contributed by atoms with E-state index in [0.29, 0.717) is 17.1 Å². The minimum absolute atomic E-state index is 0.00481. The van der Waals surface area contributed by atoms with E-state index in [4.69, 9.17) is 13.9 Å². The van der Waals surface area contributed by atoms with Crippen LogP contribution in [0.25, 0.3) is 0 Å². The maximum Gasteiger partial charge on any atom is 0.355 e. The fraction of sp³-hybridized carbons (Fsp3) is 0.241. The zero-order valence-electron chi connectivity index (χ0n) is 21.5. The summed E-state index contributed by atoms with van der Waals surface area (Å²) in [4.78, 5) is 53.2. The molecule has 3 aromatic rings. The van der Waals surface area contributed by atoms with Crippen LogP contribution in [0.2, 0.25) is 0 Å². The van der Waals surface area contributed by atoms with E-state index < -0.39 is 23.3 Å². The quantitative estimate of drug-likeness (QED) is 0.283. The van der Waals surface area contributed by atoms with Gasteiger partial charge in [-0.25, -0.2) is 4.79 Å². The van der Waals surface area contributed by atoms with Crippen LogP contribution in [-0.4, -0.2) is 57.8 Å². The number of fused-ring (bicyclic) bond motifs is 1. The third-order valence-corrected chi connectivity index (χ3v) is 8.69. The first-order valence-corrected chi connectivity index (χ1v) is 14.5. The van der Waals surface area contributed by atoms with Crippen LogP contribution in [0.3, 0.4) is 0 Å². The Labute approximate surface area is 239 Å². The number of methoxy groups -OCH3 is 1. The summed E-state index contributed by atoms with van der Waals surface area (Å²) in [6.07, 6.45) is 1.56. The predicted molar refractivity (Wildman–Crippen MR) is 150 cm³/mol. The molecule has 9 nitrogen and oxygen atoms in total. The van der Waals surface area contributed by atoms with Gasteiger partial charge in [-0.05, 0) is 41.0 Å². The van der Waals surface area contributed by atoms with Gasteiger partial charge in [0.05, 0.1) is 19.8 Å². The van der Waals surface area contributed by atoms with Crippen molar-refractivity contribution in [2.75, 3.05) is 18.6 Å². The third-order valence-electron chi connectivity index (χ3n) is 6.39. The van der Waals surface area contributed by atoms with Crippen LogP contribution in [0, 0.1) is 0 Å². The topological polar surface area (TPSA) is 115 Å². The zero-order valence-corrected chi connectivity index (χ0v) is 23.2. The molecule has 1 unspecified atom stereocenters.